The van der Waals surface area contributed by atoms with Crippen LogP contribution in [0.4, 0.5) is 0 Å². The molecule has 1 aromatic heterocycles. The van der Waals surface area contributed by atoms with Crippen molar-refractivity contribution in [3.8, 4) is 0 Å². The number of thiazole rings is 1. The van der Waals surface area contributed by atoms with E-state index in [-0.39, 0.29) is 0 Å². The molecule has 2 heterocycles. The van der Waals surface area contributed by atoms with Crippen molar-refractivity contribution in [2.45, 2.75) is 26.4 Å². The molecule has 2 aromatic rings. The van der Waals surface area contributed by atoms with Gasteiger partial charge in [-0.2, -0.15) is 0 Å². The molecular formula is C18H26N3OS+. The zero-order valence-electron chi connectivity index (χ0n) is 13.8. The Hall–Kier alpha value is -1.43. The van der Waals surface area contributed by atoms with Crippen molar-refractivity contribution in [3.05, 3.63) is 51.8 Å². The Kier molecular flexibility index (Phi) is 6.02. The lowest BCUT2D eigenvalue weighted by Gasteiger charge is -2.23. The number of aromatic nitrogens is 1. The normalized spacial score (nSPS) is 16.8. The zero-order chi connectivity index (χ0) is 15.9. The fraction of sp³-hybridized carbons (Fsp3) is 0.500. The molecule has 0 saturated carbocycles. The summed E-state index contributed by atoms with van der Waals surface area (Å²) in [5, 5.41) is 2.21. The summed E-state index contributed by atoms with van der Waals surface area (Å²) in [5.74, 6) is 0. The lowest BCUT2D eigenvalue weighted by Crippen LogP contribution is -3.14. The zero-order valence-corrected chi connectivity index (χ0v) is 14.6. The average Bonchev–Trinajstić information content (AvgIpc) is 2.95. The van der Waals surface area contributed by atoms with Crippen molar-refractivity contribution in [2.24, 2.45) is 4.99 Å². The maximum atomic E-state index is 5.42. The van der Waals surface area contributed by atoms with Gasteiger partial charge in [-0.1, -0.05) is 30.3 Å². The first-order valence-corrected chi connectivity index (χ1v) is 9.31. The molecule has 0 unspecified atom stereocenters. The van der Waals surface area contributed by atoms with Crippen molar-refractivity contribution < 1.29 is 9.64 Å². The molecule has 1 saturated heterocycles. The number of nitrogens with one attached hydrogen (secondary N) is 1. The Balaban J connectivity index is 1.59. The highest BCUT2D eigenvalue weighted by molar-refractivity contribution is 7.07. The van der Waals surface area contributed by atoms with Crippen LogP contribution in [-0.2, 0) is 17.8 Å². The molecule has 3 rings (SSSR count). The second-order valence-corrected chi connectivity index (χ2v) is 6.92. The molecular weight excluding hydrogens is 306 g/mol. The Labute approximate surface area is 142 Å². The first kappa shape index (κ1) is 16.4. The first-order chi connectivity index (χ1) is 11.3. The molecule has 1 fully saturated rings. The van der Waals surface area contributed by atoms with E-state index in [1.54, 1.807) is 16.2 Å². The number of rotatable bonds is 6. The Bertz CT molecular complexity index is 656. The number of quaternary nitrogens is 1. The van der Waals surface area contributed by atoms with Crippen molar-refractivity contribution in [1.82, 2.24) is 4.57 Å². The molecule has 4 nitrogen and oxygen atoms in total. The molecule has 0 atom stereocenters. The molecule has 1 N–H and O–H groups in total. The fourth-order valence-electron chi connectivity index (χ4n) is 2.95. The van der Waals surface area contributed by atoms with Gasteiger partial charge in [0.05, 0.1) is 26.3 Å². The van der Waals surface area contributed by atoms with Crippen LogP contribution in [0.25, 0.3) is 0 Å². The topological polar surface area (TPSA) is 31.0 Å². The van der Waals surface area contributed by atoms with Crippen LogP contribution in [0.5, 0.6) is 0 Å². The van der Waals surface area contributed by atoms with Gasteiger partial charge in [0.2, 0.25) is 0 Å². The highest BCUT2D eigenvalue weighted by atomic mass is 32.1. The predicted octanol–water partition coefficient (Wildman–Crippen LogP) is 1.26. The third-order valence-electron chi connectivity index (χ3n) is 4.34. The van der Waals surface area contributed by atoms with Crippen molar-refractivity contribution in [3.63, 3.8) is 0 Å². The lowest BCUT2D eigenvalue weighted by molar-refractivity contribution is -0.908. The monoisotopic (exact) mass is 332 g/mol. The van der Waals surface area contributed by atoms with Gasteiger partial charge in [0.25, 0.3) is 0 Å². The minimum atomic E-state index is 0.759. The van der Waals surface area contributed by atoms with E-state index < -0.39 is 0 Å². The molecule has 1 aliphatic heterocycles. The molecule has 23 heavy (non-hydrogen) atoms. The van der Waals surface area contributed by atoms with Crippen molar-refractivity contribution in [2.75, 3.05) is 32.8 Å². The minimum absolute atomic E-state index is 0.759. The van der Waals surface area contributed by atoms with E-state index in [1.807, 2.05) is 6.07 Å². The van der Waals surface area contributed by atoms with E-state index in [9.17, 15) is 0 Å². The van der Waals surface area contributed by atoms with Crippen molar-refractivity contribution >= 4 is 11.3 Å². The Morgan fingerprint density at radius 2 is 2.00 bits per heavy atom. The number of ether oxygens (including phenoxy) is 1. The van der Waals surface area contributed by atoms with Gasteiger partial charge in [-0.05, 0) is 12.5 Å². The second kappa shape index (κ2) is 8.43. The SMILES string of the molecule is Cc1csc(=NCc2ccccc2)n1CCC[NH+]1CCOCC1. The summed E-state index contributed by atoms with van der Waals surface area (Å²) in [6.07, 6.45) is 1.20. The maximum absolute atomic E-state index is 5.42. The van der Waals surface area contributed by atoms with Crippen LogP contribution in [0.1, 0.15) is 17.7 Å². The summed E-state index contributed by atoms with van der Waals surface area (Å²) < 4.78 is 7.79. The van der Waals surface area contributed by atoms with E-state index >= 15 is 0 Å². The van der Waals surface area contributed by atoms with Crippen LogP contribution in [0, 0.1) is 6.92 Å². The summed E-state index contributed by atoms with van der Waals surface area (Å²) in [5.41, 5.74) is 2.58. The summed E-state index contributed by atoms with van der Waals surface area (Å²) in [6, 6.07) is 10.5. The fourth-order valence-corrected chi connectivity index (χ4v) is 3.86. The van der Waals surface area contributed by atoms with Gasteiger partial charge in [0.15, 0.2) is 4.80 Å². The van der Waals surface area contributed by atoms with E-state index in [4.69, 9.17) is 9.73 Å². The quantitative estimate of drug-likeness (QED) is 0.848. The van der Waals surface area contributed by atoms with Gasteiger partial charge in [-0.15, -0.1) is 11.3 Å². The van der Waals surface area contributed by atoms with E-state index in [1.165, 1.54) is 24.2 Å². The number of hydrogen-bond acceptors (Lipinski definition) is 3. The van der Waals surface area contributed by atoms with Gasteiger partial charge in [-0.25, -0.2) is 0 Å². The van der Waals surface area contributed by atoms with Crippen LogP contribution < -0.4 is 9.70 Å². The molecule has 0 amide bonds. The molecule has 5 heteroatoms. The van der Waals surface area contributed by atoms with Gasteiger partial charge >= 0.3 is 0 Å². The van der Waals surface area contributed by atoms with Gasteiger partial charge < -0.3 is 14.2 Å². The maximum Gasteiger partial charge on any atom is 0.185 e. The van der Waals surface area contributed by atoms with Crippen LogP contribution in [0.3, 0.4) is 0 Å². The van der Waals surface area contributed by atoms with E-state index in [0.717, 1.165) is 44.2 Å². The minimum Gasteiger partial charge on any atom is -0.370 e. The third kappa shape index (κ3) is 4.77. The second-order valence-electron chi connectivity index (χ2n) is 6.08. The van der Waals surface area contributed by atoms with Crippen molar-refractivity contribution in [1.29, 1.82) is 0 Å². The lowest BCUT2D eigenvalue weighted by atomic mass is 10.2. The van der Waals surface area contributed by atoms with Crippen LogP contribution in [0.2, 0.25) is 0 Å². The average molecular weight is 332 g/mol. The van der Waals surface area contributed by atoms with Crippen LogP contribution in [-0.4, -0.2) is 37.4 Å². The predicted molar refractivity (Wildman–Crippen MR) is 93.8 cm³/mol. The number of morpholine rings is 1. The highest BCUT2D eigenvalue weighted by Crippen LogP contribution is 2.03. The van der Waals surface area contributed by atoms with Gasteiger partial charge in [0, 0.05) is 24.0 Å². The molecule has 0 spiro atoms. The largest absolute Gasteiger partial charge is 0.370 e. The molecule has 124 valence electrons. The number of nitrogens with zero attached hydrogens (tertiary/aromatic N) is 2. The molecule has 1 aromatic carbocycles. The van der Waals surface area contributed by atoms with Crippen LogP contribution in [0.15, 0.2) is 40.7 Å². The third-order valence-corrected chi connectivity index (χ3v) is 5.36. The number of aryl methyl sites for hydroxylation is 1. The Morgan fingerprint density at radius 1 is 1.22 bits per heavy atom. The smallest absolute Gasteiger partial charge is 0.185 e. The summed E-state index contributed by atoms with van der Waals surface area (Å²) >= 11 is 1.75. The summed E-state index contributed by atoms with van der Waals surface area (Å²) in [7, 11) is 0. The number of benzene rings is 1. The molecule has 0 bridgehead atoms. The molecule has 1 aliphatic rings. The molecule has 0 radical (unpaired) electrons. The standard InChI is InChI=1S/C18H25N3OS/c1-16-15-23-18(19-14-17-6-3-2-4-7-17)21(16)9-5-8-20-10-12-22-13-11-20/h2-4,6-7,15H,5,8-14H2,1H3/p+1. The summed E-state index contributed by atoms with van der Waals surface area (Å²) in [6.45, 7) is 9.36. The van der Waals surface area contributed by atoms with Crippen LogP contribution >= 0.6 is 11.3 Å². The first-order valence-electron chi connectivity index (χ1n) is 8.43. The van der Waals surface area contributed by atoms with Gasteiger partial charge in [-0.3, -0.25) is 4.99 Å². The van der Waals surface area contributed by atoms with E-state index in [2.05, 4.69) is 41.1 Å². The van der Waals surface area contributed by atoms with E-state index in [0.29, 0.717) is 0 Å². The Morgan fingerprint density at radius 3 is 2.78 bits per heavy atom. The number of hydrogen-bond donors (Lipinski definition) is 1. The highest BCUT2D eigenvalue weighted by Gasteiger charge is 2.13. The van der Waals surface area contributed by atoms with Gasteiger partial charge in [0.1, 0.15) is 13.1 Å². The molecule has 0 aliphatic carbocycles. The summed E-state index contributed by atoms with van der Waals surface area (Å²) in [4.78, 5) is 7.63.